The Morgan fingerprint density at radius 3 is 2.23 bits per heavy atom. The van der Waals surface area contributed by atoms with Crippen molar-refractivity contribution in [3.05, 3.63) is 53.9 Å². The zero-order valence-corrected chi connectivity index (χ0v) is 15.9. The summed E-state index contributed by atoms with van der Waals surface area (Å²) in [6, 6.07) is 10.3. The Hall–Kier alpha value is -1.57. The molecule has 6 heteroatoms. The molecule has 0 bridgehead atoms. The van der Waals surface area contributed by atoms with Crippen molar-refractivity contribution in [2.45, 2.75) is 13.1 Å². The lowest BCUT2D eigenvalue weighted by molar-refractivity contribution is 0.479. The van der Waals surface area contributed by atoms with E-state index in [0.717, 1.165) is 12.5 Å². The Bertz CT molecular complexity index is 580. The summed E-state index contributed by atoms with van der Waals surface area (Å²) in [6.07, 6.45) is 3.78. The van der Waals surface area contributed by atoms with Crippen molar-refractivity contribution in [2.75, 3.05) is 28.2 Å². The quantitative estimate of drug-likeness (QED) is 0.439. The molecule has 0 amide bonds. The second-order valence-electron chi connectivity index (χ2n) is 5.38. The third-order valence-electron chi connectivity index (χ3n) is 3.20. The molecular weight excluding hydrogens is 389 g/mol. The molecule has 0 aliphatic carbocycles. The number of aromatic nitrogens is 2. The molecule has 0 saturated heterocycles. The van der Waals surface area contributed by atoms with E-state index in [2.05, 4.69) is 29.4 Å². The number of nitrogens with zero attached hydrogens (tertiary/aromatic N) is 5. The van der Waals surface area contributed by atoms with Crippen LogP contribution in [0.15, 0.2) is 47.7 Å². The van der Waals surface area contributed by atoms with E-state index >= 15 is 0 Å². The minimum atomic E-state index is 0. The maximum atomic E-state index is 4.72. The van der Waals surface area contributed by atoms with Gasteiger partial charge in [0, 0.05) is 40.6 Å². The molecule has 0 aliphatic heterocycles. The summed E-state index contributed by atoms with van der Waals surface area (Å²) in [7, 11) is 8.03. The molecule has 120 valence electrons. The lowest BCUT2D eigenvalue weighted by atomic mass is 10.1. The van der Waals surface area contributed by atoms with Crippen LogP contribution in [0.5, 0.6) is 0 Å². The van der Waals surface area contributed by atoms with Crippen LogP contribution in [-0.2, 0) is 13.1 Å². The second kappa shape index (κ2) is 8.77. The van der Waals surface area contributed by atoms with Gasteiger partial charge in [-0.2, -0.15) is 5.10 Å². The van der Waals surface area contributed by atoms with Crippen molar-refractivity contribution in [1.29, 1.82) is 0 Å². The number of rotatable bonds is 4. The van der Waals surface area contributed by atoms with Crippen molar-refractivity contribution < 1.29 is 0 Å². The van der Waals surface area contributed by atoms with Crippen LogP contribution in [0.25, 0.3) is 0 Å². The first-order valence-corrected chi connectivity index (χ1v) is 7.01. The molecule has 0 radical (unpaired) electrons. The van der Waals surface area contributed by atoms with Gasteiger partial charge < -0.3 is 9.80 Å². The first kappa shape index (κ1) is 18.5. The van der Waals surface area contributed by atoms with Crippen LogP contribution < -0.4 is 0 Å². The van der Waals surface area contributed by atoms with Gasteiger partial charge in [0.2, 0.25) is 0 Å². The number of halogens is 1. The van der Waals surface area contributed by atoms with Crippen LogP contribution in [-0.4, -0.2) is 53.7 Å². The molecule has 0 aliphatic rings. The van der Waals surface area contributed by atoms with Crippen LogP contribution in [0.3, 0.4) is 0 Å². The maximum Gasteiger partial charge on any atom is 0.195 e. The van der Waals surface area contributed by atoms with E-state index in [1.165, 1.54) is 11.1 Å². The van der Waals surface area contributed by atoms with Crippen molar-refractivity contribution in [2.24, 2.45) is 4.99 Å². The highest BCUT2D eigenvalue weighted by atomic mass is 127. The zero-order valence-electron chi connectivity index (χ0n) is 13.6. The molecule has 0 saturated carbocycles. The zero-order chi connectivity index (χ0) is 15.2. The van der Waals surface area contributed by atoms with Gasteiger partial charge >= 0.3 is 0 Å². The van der Waals surface area contributed by atoms with Crippen molar-refractivity contribution >= 4 is 29.9 Å². The van der Waals surface area contributed by atoms with Crippen molar-refractivity contribution in [1.82, 2.24) is 19.6 Å². The molecule has 1 aromatic carbocycles. The lowest BCUT2D eigenvalue weighted by Crippen LogP contribution is -2.35. The minimum Gasteiger partial charge on any atom is -0.349 e. The van der Waals surface area contributed by atoms with E-state index in [-0.39, 0.29) is 24.0 Å². The monoisotopic (exact) mass is 413 g/mol. The summed E-state index contributed by atoms with van der Waals surface area (Å²) >= 11 is 0. The van der Waals surface area contributed by atoms with Gasteiger partial charge in [0.25, 0.3) is 0 Å². The summed E-state index contributed by atoms with van der Waals surface area (Å²) < 4.78 is 1.93. The highest BCUT2D eigenvalue weighted by molar-refractivity contribution is 14.0. The standard InChI is InChI=1S/C16H23N5.HI/c1-19(2)16(20(3)4)17-12-14-8-5-6-9-15(14)13-21-11-7-10-18-21;/h5-11H,12-13H2,1-4H3;1H. The Balaban J connectivity index is 0.00000242. The number of hydrogen-bond acceptors (Lipinski definition) is 2. The Morgan fingerprint density at radius 1 is 1.05 bits per heavy atom. The van der Waals surface area contributed by atoms with Gasteiger partial charge in [-0.15, -0.1) is 24.0 Å². The highest BCUT2D eigenvalue weighted by Gasteiger charge is 2.06. The van der Waals surface area contributed by atoms with Gasteiger partial charge in [0.15, 0.2) is 5.96 Å². The predicted molar refractivity (Wildman–Crippen MR) is 102 cm³/mol. The second-order valence-corrected chi connectivity index (χ2v) is 5.38. The summed E-state index contributed by atoms with van der Waals surface area (Å²) in [5, 5.41) is 4.27. The van der Waals surface area contributed by atoms with E-state index in [1.807, 2.05) is 54.9 Å². The highest BCUT2D eigenvalue weighted by Crippen LogP contribution is 2.12. The molecule has 5 nitrogen and oxygen atoms in total. The average molecular weight is 413 g/mol. The smallest absolute Gasteiger partial charge is 0.195 e. The topological polar surface area (TPSA) is 36.7 Å². The maximum absolute atomic E-state index is 4.72. The minimum absolute atomic E-state index is 0. The summed E-state index contributed by atoms with van der Waals surface area (Å²) in [6.45, 7) is 1.45. The largest absolute Gasteiger partial charge is 0.349 e. The first-order valence-electron chi connectivity index (χ1n) is 7.01. The molecule has 2 rings (SSSR count). The molecular formula is C16H24IN5. The van der Waals surface area contributed by atoms with Gasteiger partial charge in [-0.3, -0.25) is 4.68 Å². The summed E-state index contributed by atoms with van der Waals surface area (Å²) in [5.41, 5.74) is 2.48. The number of hydrogen-bond donors (Lipinski definition) is 0. The third kappa shape index (κ3) is 5.01. The van der Waals surface area contributed by atoms with E-state index in [9.17, 15) is 0 Å². The van der Waals surface area contributed by atoms with Gasteiger partial charge in [0.1, 0.15) is 0 Å². The molecule has 0 unspecified atom stereocenters. The first-order chi connectivity index (χ1) is 10.1. The van der Waals surface area contributed by atoms with Crippen LogP contribution in [0.1, 0.15) is 11.1 Å². The van der Waals surface area contributed by atoms with Crippen molar-refractivity contribution in [3.8, 4) is 0 Å². The van der Waals surface area contributed by atoms with Crippen LogP contribution in [0.4, 0.5) is 0 Å². The van der Waals surface area contributed by atoms with Gasteiger partial charge in [-0.05, 0) is 17.2 Å². The molecule has 0 N–H and O–H groups in total. The summed E-state index contributed by atoms with van der Waals surface area (Å²) in [5.74, 6) is 0.962. The number of aliphatic imine (C=N–C) groups is 1. The normalized spacial score (nSPS) is 9.82. The molecule has 2 aromatic rings. The fraction of sp³-hybridized carbons (Fsp3) is 0.375. The van der Waals surface area contributed by atoms with Gasteiger partial charge in [-0.1, -0.05) is 24.3 Å². The number of benzene rings is 1. The Labute approximate surface area is 149 Å². The van der Waals surface area contributed by atoms with E-state index in [4.69, 9.17) is 4.99 Å². The Kier molecular flexibility index (Phi) is 7.37. The predicted octanol–water partition coefficient (Wildman–Crippen LogP) is 2.53. The number of guanidine groups is 1. The fourth-order valence-corrected chi connectivity index (χ4v) is 2.27. The molecule has 0 spiro atoms. The van der Waals surface area contributed by atoms with E-state index in [1.54, 1.807) is 6.20 Å². The van der Waals surface area contributed by atoms with Crippen LogP contribution in [0, 0.1) is 0 Å². The molecule has 1 heterocycles. The molecule has 22 heavy (non-hydrogen) atoms. The van der Waals surface area contributed by atoms with E-state index < -0.39 is 0 Å². The molecule has 0 fully saturated rings. The van der Waals surface area contributed by atoms with Gasteiger partial charge in [-0.25, -0.2) is 4.99 Å². The summed E-state index contributed by atoms with van der Waals surface area (Å²) in [4.78, 5) is 8.77. The van der Waals surface area contributed by atoms with Gasteiger partial charge in [0.05, 0.1) is 13.1 Å². The molecule has 1 aromatic heterocycles. The fourth-order valence-electron chi connectivity index (χ4n) is 2.27. The molecule has 0 atom stereocenters. The van der Waals surface area contributed by atoms with Crippen molar-refractivity contribution in [3.63, 3.8) is 0 Å². The average Bonchev–Trinajstić information content (AvgIpc) is 2.93. The van der Waals surface area contributed by atoms with Crippen LogP contribution in [0.2, 0.25) is 0 Å². The third-order valence-corrected chi connectivity index (χ3v) is 3.20. The van der Waals surface area contributed by atoms with Crippen LogP contribution >= 0.6 is 24.0 Å². The SMILES string of the molecule is CN(C)C(=NCc1ccccc1Cn1cccn1)N(C)C.I. The van der Waals surface area contributed by atoms with E-state index in [0.29, 0.717) is 6.54 Å². The Morgan fingerprint density at radius 2 is 1.68 bits per heavy atom. The lowest BCUT2D eigenvalue weighted by Gasteiger charge is -2.22.